The Balaban J connectivity index is 3.39. The molecule has 376 valence electrons. The van der Waals surface area contributed by atoms with E-state index in [1.165, 1.54) is 193 Å². The summed E-state index contributed by atoms with van der Waals surface area (Å²) in [5.41, 5.74) is 0. The van der Waals surface area contributed by atoms with Crippen LogP contribution in [0.5, 0.6) is 0 Å². The van der Waals surface area contributed by atoms with Crippen LogP contribution in [0.15, 0.2) is 85.1 Å². The highest BCUT2D eigenvalue weighted by atomic mass is 16.3. The van der Waals surface area contributed by atoms with Crippen molar-refractivity contribution in [2.45, 2.75) is 289 Å². The van der Waals surface area contributed by atoms with Gasteiger partial charge in [-0.2, -0.15) is 0 Å². The van der Waals surface area contributed by atoms with Crippen molar-refractivity contribution in [1.29, 1.82) is 0 Å². The van der Waals surface area contributed by atoms with Crippen molar-refractivity contribution >= 4 is 5.91 Å². The molecule has 2 atom stereocenters. The number of aliphatic hydroxyl groups is 2. The first-order chi connectivity index (χ1) is 32.2. The minimum atomic E-state index is -0.870. The topological polar surface area (TPSA) is 69.6 Å². The van der Waals surface area contributed by atoms with Crippen LogP contribution >= 0.6 is 0 Å². The number of hydrogen-bond acceptors (Lipinski definition) is 3. The molecular weight excluding hydrogens is 795 g/mol. The van der Waals surface area contributed by atoms with Gasteiger partial charge in [-0.25, -0.2) is 0 Å². The zero-order valence-corrected chi connectivity index (χ0v) is 43.2. The summed E-state index contributed by atoms with van der Waals surface area (Å²) in [6, 6.07) is -0.645. The number of carbonyl (C=O) groups excluding carboxylic acids is 1. The van der Waals surface area contributed by atoms with E-state index in [1.54, 1.807) is 6.08 Å². The van der Waals surface area contributed by atoms with Gasteiger partial charge in [0.1, 0.15) is 0 Å². The first-order valence-corrected chi connectivity index (χ1v) is 28.3. The zero-order chi connectivity index (χ0) is 47.0. The van der Waals surface area contributed by atoms with E-state index in [0.717, 1.165) is 64.2 Å². The predicted octanol–water partition coefficient (Wildman–Crippen LogP) is 18.8. The number of aliphatic hydroxyl groups excluding tert-OH is 2. The molecule has 0 saturated heterocycles. The molecular formula is C61H109NO3. The third kappa shape index (κ3) is 52.4. The summed E-state index contributed by atoms with van der Waals surface area (Å²) in [4.78, 5) is 12.4. The average Bonchev–Trinajstić information content (AvgIpc) is 3.31. The van der Waals surface area contributed by atoms with Crippen molar-refractivity contribution < 1.29 is 15.0 Å². The van der Waals surface area contributed by atoms with Gasteiger partial charge in [0.15, 0.2) is 0 Å². The van der Waals surface area contributed by atoms with Gasteiger partial charge in [0.05, 0.1) is 18.8 Å². The van der Waals surface area contributed by atoms with Gasteiger partial charge in [-0.05, 0) is 77.0 Å². The predicted molar refractivity (Wildman–Crippen MR) is 290 cm³/mol. The molecule has 0 fully saturated rings. The SMILES string of the molecule is CC/C=C\C/C=C\C/C=C\C/C=C\CCCCCCCCCCCCCCCCCCCCCCCCCCCCCCC(=O)NC(CO)C(O)/C=C/CC/C=C/CC/C=C/CCCC. The lowest BCUT2D eigenvalue weighted by Gasteiger charge is -2.19. The van der Waals surface area contributed by atoms with Crippen molar-refractivity contribution in [3.05, 3.63) is 85.1 Å². The standard InChI is InChI=1S/C61H109NO3/c1-3-5-7-9-11-13-15-17-18-19-20-21-22-23-24-25-26-27-28-29-30-31-32-33-34-35-36-37-38-39-40-41-42-43-44-45-47-49-51-53-55-57-61(65)62-59(58-63)60(64)56-54-52-50-48-46-16-14-12-10-8-6-4-2/h5,7,10-13,17-18,20-21,46,48,54,56,59-60,63-64H,3-4,6,8-9,14-16,19,22-45,47,49-53,55,57-58H2,1-2H3,(H,62,65)/b7-5-,12-10+,13-11-,18-17-,21-20-,48-46+,56-54+. The maximum absolute atomic E-state index is 12.4. The fraction of sp³-hybridized carbons (Fsp3) is 0.754. The third-order valence-corrected chi connectivity index (χ3v) is 12.6. The highest BCUT2D eigenvalue weighted by molar-refractivity contribution is 5.76. The Morgan fingerprint density at radius 2 is 0.692 bits per heavy atom. The van der Waals surface area contributed by atoms with E-state index >= 15 is 0 Å². The molecule has 0 aromatic carbocycles. The third-order valence-electron chi connectivity index (χ3n) is 12.6. The normalized spacial score (nSPS) is 13.5. The monoisotopic (exact) mass is 904 g/mol. The maximum Gasteiger partial charge on any atom is 0.220 e. The number of rotatable bonds is 51. The van der Waals surface area contributed by atoms with Crippen molar-refractivity contribution in [1.82, 2.24) is 5.32 Å². The van der Waals surface area contributed by atoms with Crippen LogP contribution in [0.25, 0.3) is 0 Å². The minimum absolute atomic E-state index is 0.0771. The Labute approximate surface area is 405 Å². The van der Waals surface area contributed by atoms with Crippen LogP contribution in [0.4, 0.5) is 0 Å². The Kier molecular flexibility index (Phi) is 53.8. The van der Waals surface area contributed by atoms with Crippen LogP contribution in [0, 0.1) is 0 Å². The smallest absolute Gasteiger partial charge is 0.220 e. The minimum Gasteiger partial charge on any atom is -0.394 e. The molecule has 3 N–H and O–H groups in total. The highest BCUT2D eigenvalue weighted by Gasteiger charge is 2.18. The molecule has 2 unspecified atom stereocenters. The molecule has 0 rings (SSSR count). The second-order valence-corrected chi connectivity index (χ2v) is 19.0. The molecule has 0 aliphatic rings. The van der Waals surface area contributed by atoms with E-state index in [1.807, 2.05) is 6.08 Å². The largest absolute Gasteiger partial charge is 0.394 e. The van der Waals surface area contributed by atoms with Crippen molar-refractivity contribution in [2.75, 3.05) is 6.61 Å². The number of amides is 1. The summed E-state index contributed by atoms with van der Waals surface area (Å²) < 4.78 is 0. The van der Waals surface area contributed by atoms with Gasteiger partial charge < -0.3 is 15.5 Å². The summed E-state index contributed by atoms with van der Waals surface area (Å²) in [5, 5.41) is 23.0. The first-order valence-electron chi connectivity index (χ1n) is 28.3. The Morgan fingerprint density at radius 3 is 1.08 bits per heavy atom. The number of allylic oxidation sites excluding steroid dienone is 13. The molecule has 0 saturated carbocycles. The molecule has 0 aliphatic carbocycles. The van der Waals surface area contributed by atoms with E-state index in [2.05, 4.69) is 92.1 Å². The van der Waals surface area contributed by atoms with Crippen LogP contribution in [-0.4, -0.2) is 34.9 Å². The molecule has 65 heavy (non-hydrogen) atoms. The molecule has 0 aromatic heterocycles. The fourth-order valence-corrected chi connectivity index (χ4v) is 8.31. The zero-order valence-electron chi connectivity index (χ0n) is 43.2. The van der Waals surface area contributed by atoms with Gasteiger partial charge in [-0.15, -0.1) is 0 Å². The van der Waals surface area contributed by atoms with Gasteiger partial charge in [0, 0.05) is 6.42 Å². The molecule has 1 amide bonds. The molecule has 0 radical (unpaired) electrons. The lowest BCUT2D eigenvalue weighted by molar-refractivity contribution is -0.123. The summed E-state index contributed by atoms with van der Waals surface area (Å²) >= 11 is 0. The highest BCUT2D eigenvalue weighted by Crippen LogP contribution is 2.17. The fourth-order valence-electron chi connectivity index (χ4n) is 8.31. The van der Waals surface area contributed by atoms with E-state index in [9.17, 15) is 15.0 Å². The Hall–Kier alpha value is -2.43. The number of hydrogen-bond donors (Lipinski definition) is 3. The van der Waals surface area contributed by atoms with E-state index in [-0.39, 0.29) is 12.5 Å². The summed E-state index contributed by atoms with van der Waals surface area (Å²) in [5.74, 6) is -0.0771. The summed E-state index contributed by atoms with van der Waals surface area (Å²) in [7, 11) is 0. The molecule has 0 spiro atoms. The molecule has 0 bridgehead atoms. The van der Waals surface area contributed by atoms with Crippen molar-refractivity contribution in [3.63, 3.8) is 0 Å². The van der Waals surface area contributed by atoms with Crippen molar-refractivity contribution in [3.8, 4) is 0 Å². The van der Waals surface area contributed by atoms with E-state index in [0.29, 0.717) is 6.42 Å². The lowest BCUT2D eigenvalue weighted by atomic mass is 10.0. The van der Waals surface area contributed by atoms with Crippen LogP contribution in [0.1, 0.15) is 277 Å². The number of carbonyl (C=O) groups is 1. The lowest BCUT2D eigenvalue weighted by Crippen LogP contribution is -2.45. The molecule has 4 heteroatoms. The van der Waals surface area contributed by atoms with Crippen molar-refractivity contribution in [2.24, 2.45) is 0 Å². The quantitative estimate of drug-likeness (QED) is 0.0421. The van der Waals surface area contributed by atoms with Gasteiger partial charge in [0.25, 0.3) is 0 Å². The van der Waals surface area contributed by atoms with Gasteiger partial charge in [0.2, 0.25) is 5.91 Å². The second-order valence-electron chi connectivity index (χ2n) is 19.0. The average molecular weight is 905 g/mol. The molecule has 4 nitrogen and oxygen atoms in total. The summed E-state index contributed by atoms with van der Waals surface area (Å²) in [6.07, 6.45) is 82.0. The van der Waals surface area contributed by atoms with Gasteiger partial charge in [-0.3, -0.25) is 4.79 Å². The molecule has 0 aromatic rings. The second kappa shape index (κ2) is 55.9. The number of unbranched alkanes of at least 4 members (excludes halogenated alkanes) is 32. The maximum atomic E-state index is 12.4. The van der Waals surface area contributed by atoms with E-state index in [4.69, 9.17) is 0 Å². The van der Waals surface area contributed by atoms with Gasteiger partial charge in [-0.1, -0.05) is 279 Å². The van der Waals surface area contributed by atoms with Crippen LogP contribution < -0.4 is 5.32 Å². The molecule has 0 heterocycles. The van der Waals surface area contributed by atoms with Crippen LogP contribution in [0.3, 0.4) is 0 Å². The van der Waals surface area contributed by atoms with E-state index < -0.39 is 12.1 Å². The summed E-state index contributed by atoms with van der Waals surface area (Å²) in [6.45, 7) is 4.13. The Morgan fingerprint density at radius 1 is 0.385 bits per heavy atom. The first kappa shape index (κ1) is 62.6. The van der Waals surface area contributed by atoms with Crippen LogP contribution in [0.2, 0.25) is 0 Å². The molecule has 0 aliphatic heterocycles. The number of nitrogens with one attached hydrogen (secondary N) is 1. The van der Waals surface area contributed by atoms with Gasteiger partial charge >= 0.3 is 0 Å². The van der Waals surface area contributed by atoms with Crippen LogP contribution in [-0.2, 0) is 4.79 Å². The Bertz CT molecular complexity index is 1160.